The van der Waals surface area contributed by atoms with Crippen LogP contribution in [0.5, 0.6) is 0 Å². The van der Waals surface area contributed by atoms with Gasteiger partial charge in [0.2, 0.25) is 0 Å². The van der Waals surface area contributed by atoms with Crippen molar-refractivity contribution in [3.8, 4) is 17.4 Å². The second-order valence-corrected chi connectivity index (χ2v) is 5.68. The SMILES string of the molecule is CCN(CC)C(=O)/C(C#N)=C/c1ccc(-c2ccccc2Br)o1. The first-order chi connectivity index (χ1) is 11.1. The molecule has 0 atom stereocenters. The van der Waals surface area contributed by atoms with Crippen molar-refractivity contribution in [3.05, 3.63) is 52.2 Å². The lowest BCUT2D eigenvalue weighted by Crippen LogP contribution is -2.31. The number of carbonyl (C=O) groups excluding carboxylic acids is 1. The summed E-state index contributed by atoms with van der Waals surface area (Å²) in [4.78, 5) is 13.9. The standard InChI is InChI=1S/C18H17BrN2O2/c1-3-21(4-2)18(22)13(12-20)11-14-9-10-17(23-14)15-7-5-6-8-16(15)19/h5-11H,3-4H2,1-2H3/b13-11+. The van der Waals surface area contributed by atoms with Gasteiger partial charge in [-0.25, -0.2) is 0 Å². The zero-order valence-corrected chi connectivity index (χ0v) is 14.6. The fourth-order valence-corrected chi connectivity index (χ4v) is 2.68. The number of rotatable bonds is 5. The lowest BCUT2D eigenvalue weighted by Gasteiger charge is -2.17. The number of halogens is 1. The van der Waals surface area contributed by atoms with Gasteiger partial charge in [0.15, 0.2) is 0 Å². The minimum Gasteiger partial charge on any atom is -0.457 e. The number of nitriles is 1. The summed E-state index contributed by atoms with van der Waals surface area (Å²) < 4.78 is 6.67. The third-order valence-corrected chi connectivity index (χ3v) is 4.15. The largest absolute Gasteiger partial charge is 0.457 e. The van der Waals surface area contributed by atoms with Crippen LogP contribution in [0.1, 0.15) is 19.6 Å². The molecule has 1 aromatic carbocycles. The lowest BCUT2D eigenvalue weighted by molar-refractivity contribution is -0.126. The van der Waals surface area contributed by atoms with Gasteiger partial charge >= 0.3 is 0 Å². The van der Waals surface area contributed by atoms with Crippen LogP contribution in [0.4, 0.5) is 0 Å². The number of hydrogen-bond acceptors (Lipinski definition) is 3. The van der Waals surface area contributed by atoms with E-state index in [4.69, 9.17) is 4.42 Å². The molecule has 1 aromatic heterocycles. The fourth-order valence-electron chi connectivity index (χ4n) is 2.20. The van der Waals surface area contributed by atoms with Crippen LogP contribution in [0.3, 0.4) is 0 Å². The number of carbonyl (C=O) groups is 1. The zero-order valence-electron chi connectivity index (χ0n) is 13.0. The molecule has 0 aliphatic rings. The number of likely N-dealkylation sites (N-methyl/N-ethyl adjacent to an activating group) is 1. The molecule has 0 aliphatic carbocycles. The minimum absolute atomic E-state index is 0.0710. The molecule has 0 bridgehead atoms. The first-order valence-corrected chi connectivity index (χ1v) is 8.15. The Kier molecular flexibility index (Phi) is 5.78. The first kappa shape index (κ1) is 17.0. The van der Waals surface area contributed by atoms with Crippen LogP contribution in [-0.4, -0.2) is 23.9 Å². The van der Waals surface area contributed by atoms with E-state index in [0.717, 1.165) is 10.0 Å². The predicted octanol–water partition coefficient (Wildman–Crippen LogP) is 4.48. The number of benzene rings is 1. The predicted molar refractivity (Wildman–Crippen MR) is 93.4 cm³/mol. The molecule has 0 saturated heterocycles. The van der Waals surface area contributed by atoms with Crippen molar-refractivity contribution in [3.63, 3.8) is 0 Å². The van der Waals surface area contributed by atoms with Gasteiger partial charge in [0.05, 0.1) is 0 Å². The molecule has 118 valence electrons. The van der Waals surface area contributed by atoms with Crippen LogP contribution in [0.15, 0.2) is 50.9 Å². The van der Waals surface area contributed by atoms with Crippen molar-refractivity contribution in [2.24, 2.45) is 0 Å². The Balaban J connectivity index is 2.31. The van der Waals surface area contributed by atoms with Gasteiger partial charge in [0, 0.05) is 29.2 Å². The van der Waals surface area contributed by atoms with E-state index in [1.54, 1.807) is 11.0 Å². The summed E-state index contributed by atoms with van der Waals surface area (Å²) in [6.45, 7) is 4.89. The molecule has 0 spiro atoms. The van der Waals surface area contributed by atoms with Gasteiger partial charge in [-0.1, -0.05) is 34.1 Å². The molecular formula is C18H17BrN2O2. The van der Waals surface area contributed by atoms with Crippen molar-refractivity contribution < 1.29 is 9.21 Å². The van der Waals surface area contributed by atoms with E-state index in [1.165, 1.54) is 6.08 Å². The second-order valence-electron chi connectivity index (χ2n) is 4.83. The molecule has 0 unspecified atom stereocenters. The van der Waals surface area contributed by atoms with Crippen molar-refractivity contribution >= 4 is 27.9 Å². The summed E-state index contributed by atoms with van der Waals surface area (Å²) in [7, 11) is 0. The number of nitrogens with zero attached hydrogens (tertiary/aromatic N) is 2. The highest BCUT2D eigenvalue weighted by Crippen LogP contribution is 2.30. The molecule has 1 amide bonds. The normalized spacial score (nSPS) is 11.1. The van der Waals surface area contributed by atoms with E-state index in [9.17, 15) is 10.1 Å². The molecule has 0 fully saturated rings. The molecule has 1 heterocycles. The third-order valence-electron chi connectivity index (χ3n) is 3.45. The van der Waals surface area contributed by atoms with Gasteiger partial charge in [-0.15, -0.1) is 0 Å². The topological polar surface area (TPSA) is 57.2 Å². The number of amides is 1. The summed E-state index contributed by atoms with van der Waals surface area (Å²) >= 11 is 3.48. The third kappa shape index (κ3) is 3.91. The maximum absolute atomic E-state index is 12.3. The molecule has 0 aliphatic heterocycles. The molecule has 23 heavy (non-hydrogen) atoms. The van der Waals surface area contributed by atoms with E-state index in [1.807, 2.05) is 50.2 Å². The fraction of sp³-hybridized carbons (Fsp3) is 0.222. The van der Waals surface area contributed by atoms with Crippen LogP contribution in [-0.2, 0) is 4.79 Å². The maximum atomic E-state index is 12.3. The quantitative estimate of drug-likeness (QED) is 0.573. The molecule has 0 N–H and O–H groups in total. The van der Waals surface area contributed by atoms with Gasteiger partial charge in [-0.05, 0) is 32.0 Å². The highest BCUT2D eigenvalue weighted by atomic mass is 79.9. The second kappa shape index (κ2) is 7.80. The van der Waals surface area contributed by atoms with E-state index < -0.39 is 0 Å². The summed E-state index contributed by atoms with van der Waals surface area (Å²) in [5, 5.41) is 9.25. The van der Waals surface area contributed by atoms with Gasteiger partial charge in [0.1, 0.15) is 23.2 Å². The van der Waals surface area contributed by atoms with Gasteiger partial charge in [0.25, 0.3) is 5.91 Å². The summed E-state index contributed by atoms with van der Waals surface area (Å²) in [5.41, 5.74) is 0.988. The molecule has 0 saturated carbocycles. The van der Waals surface area contributed by atoms with Crippen molar-refractivity contribution in [2.75, 3.05) is 13.1 Å². The lowest BCUT2D eigenvalue weighted by atomic mass is 10.2. The Morgan fingerprint density at radius 2 is 1.96 bits per heavy atom. The molecular weight excluding hydrogens is 356 g/mol. The van der Waals surface area contributed by atoms with Crippen molar-refractivity contribution in [2.45, 2.75) is 13.8 Å². The Bertz CT molecular complexity index is 767. The van der Waals surface area contributed by atoms with Crippen LogP contribution in [0.25, 0.3) is 17.4 Å². The Morgan fingerprint density at radius 1 is 1.26 bits per heavy atom. The summed E-state index contributed by atoms with van der Waals surface area (Å²) in [6.07, 6.45) is 1.49. The number of hydrogen-bond donors (Lipinski definition) is 0. The summed E-state index contributed by atoms with van der Waals surface area (Å²) in [5.74, 6) is 0.875. The van der Waals surface area contributed by atoms with Gasteiger partial charge in [-0.3, -0.25) is 4.79 Å². The monoisotopic (exact) mass is 372 g/mol. The molecule has 0 radical (unpaired) electrons. The maximum Gasteiger partial charge on any atom is 0.264 e. The minimum atomic E-state index is -0.281. The Labute approximate surface area is 144 Å². The molecule has 4 nitrogen and oxygen atoms in total. The van der Waals surface area contributed by atoms with E-state index in [2.05, 4.69) is 15.9 Å². The van der Waals surface area contributed by atoms with Gasteiger partial charge < -0.3 is 9.32 Å². The highest BCUT2D eigenvalue weighted by Gasteiger charge is 2.16. The summed E-state index contributed by atoms with van der Waals surface area (Å²) in [6, 6.07) is 13.2. The highest BCUT2D eigenvalue weighted by molar-refractivity contribution is 9.10. The van der Waals surface area contributed by atoms with Crippen LogP contribution < -0.4 is 0 Å². The first-order valence-electron chi connectivity index (χ1n) is 7.36. The molecule has 2 rings (SSSR count). The van der Waals surface area contributed by atoms with E-state index in [-0.39, 0.29) is 11.5 Å². The number of furan rings is 1. The van der Waals surface area contributed by atoms with Crippen LogP contribution >= 0.6 is 15.9 Å². The average molecular weight is 373 g/mol. The van der Waals surface area contributed by atoms with Crippen LogP contribution in [0.2, 0.25) is 0 Å². The molecule has 5 heteroatoms. The smallest absolute Gasteiger partial charge is 0.264 e. The van der Waals surface area contributed by atoms with Crippen LogP contribution in [0, 0.1) is 11.3 Å². The Hall–Kier alpha value is -2.32. The van der Waals surface area contributed by atoms with Crippen molar-refractivity contribution in [1.82, 2.24) is 4.90 Å². The Morgan fingerprint density at radius 3 is 2.57 bits per heavy atom. The van der Waals surface area contributed by atoms with E-state index in [0.29, 0.717) is 24.6 Å². The molecule has 2 aromatic rings. The zero-order chi connectivity index (χ0) is 16.8. The van der Waals surface area contributed by atoms with Crippen molar-refractivity contribution in [1.29, 1.82) is 5.26 Å². The average Bonchev–Trinajstić information content (AvgIpc) is 3.02. The van der Waals surface area contributed by atoms with Gasteiger partial charge in [-0.2, -0.15) is 5.26 Å². The van der Waals surface area contributed by atoms with E-state index >= 15 is 0 Å².